The van der Waals surface area contributed by atoms with Gasteiger partial charge in [0.2, 0.25) is 0 Å². The van der Waals surface area contributed by atoms with Crippen LogP contribution in [0.4, 0.5) is 8.78 Å². The van der Waals surface area contributed by atoms with Crippen molar-refractivity contribution >= 4 is 28.5 Å². The molecule has 0 aliphatic carbocycles. The first kappa shape index (κ1) is 24.3. The Morgan fingerprint density at radius 2 is 1.72 bits per heavy atom. The van der Waals surface area contributed by atoms with Crippen LogP contribution in [0.2, 0.25) is 0 Å². The molecule has 32 heavy (non-hydrogen) atoms. The number of halogens is 3. The van der Waals surface area contributed by atoms with E-state index in [0.717, 1.165) is 20.8 Å². The van der Waals surface area contributed by atoms with E-state index >= 15 is 0 Å². The van der Waals surface area contributed by atoms with Crippen LogP contribution in [-0.4, -0.2) is 29.7 Å². The van der Waals surface area contributed by atoms with Gasteiger partial charge in [-0.15, -0.1) is 0 Å². The summed E-state index contributed by atoms with van der Waals surface area (Å²) >= 11 is 2.22. The highest BCUT2D eigenvalue weighted by Crippen LogP contribution is 2.14. The maximum atomic E-state index is 13.7. The number of rotatable bonds is 9. The zero-order valence-corrected chi connectivity index (χ0v) is 19.8. The Hall–Kier alpha value is -2.36. The number of amides is 1. The molecule has 0 radical (unpaired) electrons. The maximum absolute atomic E-state index is 13.7. The van der Waals surface area contributed by atoms with E-state index in [9.17, 15) is 18.7 Å². The summed E-state index contributed by atoms with van der Waals surface area (Å²) in [6.07, 6.45) is -0.780. The maximum Gasteiger partial charge on any atom is 0.251 e. The molecular weight excluding hydrogens is 525 g/mol. The van der Waals surface area contributed by atoms with Gasteiger partial charge >= 0.3 is 0 Å². The Labute approximate surface area is 200 Å². The molecule has 0 heterocycles. The standard InChI is InChI=1S/C25H25F2IN2O2/c1-16-4-2-6-19(8-16)25(32)30-15-24(31)23(12-18-9-20(26)13-21(27)10-18)29-14-17-5-3-7-22(28)11-17/h2-11,13,23-24,29,31H,12,14-15H2,1H3,(H,30,32)/t23?,24-/m1/s1. The zero-order chi connectivity index (χ0) is 23.1. The first-order valence-corrected chi connectivity index (χ1v) is 11.3. The monoisotopic (exact) mass is 550 g/mol. The highest BCUT2D eigenvalue weighted by atomic mass is 127. The molecule has 0 aromatic heterocycles. The lowest BCUT2D eigenvalue weighted by Crippen LogP contribution is -2.47. The second kappa shape index (κ2) is 11.5. The summed E-state index contributed by atoms with van der Waals surface area (Å²) < 4.78 is 28.4. The van der Waals surface area contributed by atoms with E-state index in [-0.39, 0.29) is 18.9 Å². The number of carbonyl (C=O) groups is 1. The minimum atomic E-state index is -0.974. The van der Waals surface area contributed by atoms with E-state index in [2.05, 4.69) is 33.2 Å². The molecule has 0 spiro atoms. The van der Waals surface area contributed by atoms with Crippen molar-refractivity contribution in [1.29, 1.82) is 0 Å². The fourth-order valence-corrected chi connectivity index (χ4v) is 4.06. The van der Waals surface area contributed by atoms with Crippen molar-refractivity contribution in [2.45, 2.75) is 32.0 Å². The summed E-state index contributed by atoms with van der Waals surface area (Å²) in [6, 6.07) is 17.8. The van der Waals surface area contributed by atoms with Crippen molar-refractivity contribution in [3.05, 3.63) is 104 Å². The van der Waals surface area contributed by atoms with E-state index in [0.29, 0.717) is 17.7 Å². The second-order valence-corrected chi connectivity index (χ2v) is 8.99. The normalized spacial score (nSPS) is 12.9. The van der Waals surface area contributed by atoms with Crippen molar-refractivity contribution in [1.82, 2.24) is 10.6 Å². The van der Waals surface area contributed by atoms with Crippen LogP contribution in [-0.2, 0) is 13.0 Å². The molecule has 3 aromatic carbocycles. The molecule has 0 saturated carbocycles. The van der Waals surface area contributed by atoms with Gasteiger partial charge in [0, 0.05) is 34.3 Å². The summed E-state index contributed by atoms with van der Waals surface area (Å²) in [4.78, 5) is 12.4. The molecule has 0 aliphatic rings. The van der Waals surface area contributed by atoms with E-state index in [1.807, 2.05) is 37.3 Å². The van der Waals surface area contributed by atoms with Gasteiger partial charge in [-0.25, -0.2) is 8.78 Å². The number of benzene rings is 3. The predicted molar refractivity (Wildman–Crippen MR) is 129 cm³/mol. The van der Waals surface area contributed by atoms with E-state index in [1.165, 1.54) is 12.1 Å². The Morgan fingerprint density at radius 3 is 2.41 bits per heavy atom. The molecule has 1 unspecified atom stereocenters. The van der Waals surface area contributed by atoms with Gasteiger partial charge in [-0.05, 0) is 83.5 Å². The topological polar surface area (TPSA) is 61.4 Å². The highest BCUT2D eigenvalue weighted by Gasteiger charge is 2.21. The molecule has 7 heteroatoms. The van der Waals surface area contributed by atoms with Crippen molar-refractivity contribution in [2.24, 2.45) is 0 Å². The van der Waals surface area contributed by atoms with Crippen LogP contribution in [0.5, 0.6) is 0 Å². The molecule has 2 atom stereocenters. The zero-order valence-electron chi connectivity index (χ0n) is 17.6. The van der Waals surface area contributed by atoms with E-state index in [4.69, 9.17) is 0 Å². The Kier molecular flexibility index (Phi) is 8.72. The summed E-state index contributed by atoms with van der Waals surface area (Å²) in [5.41, 5.74) is 2.91. The molecule has 0 fully saturated rings. The lowest BCUT2D eigenvalue weighted by molar-refractivity contribution is 0.0875. The van der Waals surface area contributed by atoms with Crippen molar-refractivity contribution in [3.63, 3.8) is 0 Å². The van der Waals surface area contributed by atoms with Crippen molar-refractivity contribution < 1.29 is 18.7 Å². The number of carbonyl (C=O) groups excluding carboxylic acids is 1. The average molecular weight is 550 g/mol. The predicted octanol–water partition coefficient (Wildman–Crippen LogP) is 4.37. The molecule has 0 saturated heterocycles. The molecule has 4 nitrogen and oxygen atoms in total. The van der Waals surface area contributed by atoms with Crippen LogP contribution >= 0.6 is 22.6 Å². The fourth-order valence-electron chi connectivity index (χ4n) is 3.45. The Morgan fingerprint density at radius 1 is 1.00 bits per heavy atom. The summed E-state index contributed by atoms with van der Waals surface area (Å²) in [5, 5.41) is 16.8. The first-order chi connectivity index (χ1) is 15.3. The number of hydrogen-bond acceptors (Lipinski definition) is 3. The van der Waals surface area contributed by atoms with Crippen LogP contribution in [0.15, 0.2) is 66.7 Å². The minimum Gasteiger partial charge on any atom is -0.390 e. The summed E-state index contributed by atoms with van der Waals surface area (Å²) in [7, 11) is 0. The molecule has 3 N–H and O–H groups in total. The molecule has 1 amide bonds. The van der Waals surface area contributed by atoms with Gasteiger partial charge in [-0.2, -0.15) is 0 Å². The Bertz CT molecular complexity index is 1060. The molecule has 168 valence electrons. The lowest BCUT2D eigenvalue weighted by Gasteiger charge is -2.25. The lowest BCUT2D eigenvalue weighted by atomic mass is 10.00. The van der Waals surface area contributed by atoms with Crippen LogP contribution in [0.3, 0.4) is 0 Å². The SMILES string of the molecule is Cc1cccc(C(=O)NC[C@@H](O)C(Cc2cc(F)cc(F)c2)NCc2cccc(I)c2)c1. The van der Waals surface area contributed by atoms with Crippen LogP contribution in [0.25, 0.3) is 0 Å². The van der Waals surface area contributed by atoms with E-state index in [1.54, 1.807) is 18.2 Å². The van der Waals surface area contributed by atoms with Gasteiger partial charge in [-0.1, -0.05) is 29.8 Å². The smallest absolute Gasteiger partial charge is 0.251 e. The van der Waals surface area contributed by atoms with Crippen LogP contribution in [0.1, 0.15) is 27.0 Å². The van der Waals surface area contributed by atoms with Crippen molar-refractivity contribution in [2.75, 3.05) is 6.54 Å². The van der Waals surface area contributed by atoms with Gasteiger partial charge in [0.1, 0.15) is 11.6 Å². The van der Waals surface area contributed by atoms with Gasteiger partial charge in [0.05, 0.1) is 6.10 Å². The quantitative estimate of drug-likeness (QED) is 0.347. The summed E-state index contributed by atoms with van der Waals surface area (Å²) in [5.74, 6) is -1.63. The number of aliphatic hydroxyl groups is 1. The van der Waals surface area contributed by atoms with Gasteiger partial charge in [-0.3, -0.25) is 4.79 Å². The number of hydrogen-bond donors (Lipinski definition) is 3. The number of aliphatic hydroxyl groups excluding tert-OH is 1. The van der Waals surface area contributed by atoms with Gasteiger partial charge in [0.15, 0.2) is 0 Å². The van der Waals surface area contributed by atoms with Crippen LogP contribution in [0, 0.1) is 22.1 Å². The third-order valence-electron chi connectivity index (χ3n) is 5.05. The number of nitrogens with one attached hydrogen (secondary N) is 2. The third-order valence-corrected chi connectivity index (χ3v) is 5.72. The molecule has 0 bridgehead atoms. The van der Waals surface area contributed by atoms with Gasteiger partial charge in [0.25, 0.3) is 5.91 Å². The number of aryl methyl sites for hydroxylation is 1. The van der Waals surface area contributed by atoms with E-state index < -0.39 is 23.8 Å². The molecular formula is C25H25F2IN2O2. The highest BCUT2D eigenvalue weighted by molar-refractivity contribution is 14.1. The molecule has 0 aliphatic heterocycles. The van der Waals surface area contributed by atoms with Crippen molar-refractivity contribution in [3.8, 4) is 0 Å². The summed E-state index contributed by atoms with van der Waals surface area (Å²) in [6.45, 7) is 2.35. The Balaban J connectivity index is 1.70. The second-order valence-electron chi connectivity index (χ2n) is 7.75. The first-order valence-electron chi connectivity index (χ1n) is 10.3. The molecule has 3 aromatic rings. The fraction of sp³-hybridized carbons (Fsp3) is 0.240. The largest absolute Gasteiger partial charge is 0.390 e. The van der Waals surface area contributed by atoms with Crippen LogP contribution < -0.4 is 10.6 Å². The molecule has 3 rings (SSSR count). The average Bonchev–Trinajstić information content (AvgIpc) is 2.74. The minimum absolute atomic E-state index is 0.00539. The third kappa shape index (κ3) is 7.36. The van der Waals surface area contributed by atoms with Gasteiger partial charge < -0.3 is 15.7 Å².